The third-order valence-electron chi connectivity index (χ3n) is 5.31. The topological polar surface area (TPSA) is 29.3 Å². The van der Waals surface area contributed by atoms with Gasteiger partial charge in [0, 0.05) is 25.2 Å². The third kappa shape index (κ3) is 2.97. The minimum Gasteiger partial charge on any atom is -0.326 e. The van der Waals surface area contributed by atoms with Crippen LogP contribution in [0.2, 0.25) is 0 Å². The zero-order chi connectivity index (χ0) is 15.6. The molecule has 0 saturated carbocycles. The lowest BCUT2D eigenvalue weighted by atomic mass is 9.93. The number of rotatable bonds is 4. The van der Waals surface area contributed by atoms with Gasteiger partial charge in [0.1, 0.15) is 0 Å². The van der Waals surface area contributed by atoms with Crippen molar-refractivity contribution in [2.24, 2.45) is 5.73 Å². The first-order chi connectivity index (χ1) is 11.3. The summed E-state index contributed by atoms with van der Waals surface area (Å²) in [6.07, 6.45) is 6.29. The molecule has 118 valence electrons. The van der Waals surface area contributed by atoms with Crippen molar-refractivity contribution in [1.29, 1.82) is 0 Å². The van der Waals surface area contributed by atoms with Crippen LogP contribution >= 0.6 is 0 Å². The zero-order valence-electron chi connectivity index (χ0n) is 13.5. The third-order valence-corrected chi connectivity index (χ3v) is 5.31. The Bertz CT molecular complexity index is 688. The van der Waals surface area contributed by atoms with Gasteiger partial charge in [0.05, 0.1) is 0 Å². The van der Waals surface area contributed by atoms with E-state index in [0.717, 1.165) is 6.54 Å². The van der Waals surface area contributed by atoms with E-state index in [9.17, 15) is 0 Å². The smallest absolute Gasteiger partial charge is 0.0291 e. The van der Waals surface area contributed by atoms with Crippen LogP contribution in [0.1, 0.15) is 36.0 Å². The van der Waals surface area contributed by atoms with Gasteiger partial charge in [-0.25, -0.2) is 0 Å². The molecule has 1 fully saturated rings. The predicted molar refractivity (Wildman–Crippen MR) is 95.7 cm³/mol. The summed E-state index contributed by atoms with van der Waals surface area (Å²) in [4.78, 5) is 2.69. The number of nitrogens with zero attached hydrogens (tertiary/aromatic N) is 1. The highest BCUT2D eigenvalue weighted by Gasteiger charge is 2.36. The van der Waals surface area contributed by atoms with E-state index >= 15 is 0 Å². The van der Waals surface area contributed by atoms with Gasteiger partial charge in [0.25, 0.3) is 0 Å². The molecule has 2 unspecified atom stereocenters. The normalized spacial score (nSPS) is 23.8. The molecule has 2 aliphatic heterocycles. The van der Waals surface area contributed by atoms with E-state index in [0.29, 0.717) is 18.6 Å². The van der Waals surface area contributed by atoms with Gasteiger partial charge in [-0.2, -0.15) is 0 Å². The lowest BCUT2D eigenvalue weighted by Gasteiger charge is -2.34. The fraction of sp³-hybridized carbons (Fsp3) is 0.333. The summed E-state index contributed by atoms with van der Waals surface area (Å²) in [5, 5.41) is 0. The second-order valence-electron chi connectivity index (χ2n) is 6.75. The molecule has 1 saturated heterocycles. The Hall–Kier alpha value is -1.90. The van der Waals surface area contributed by atoms with Crippen molar-refractivity contribution in [2.75, 3.05) is 0 Å². The lowest BCUT2D eigenvalue weighted by Crippen LogP contribution is -2.37. The van der Waals surface area contributed by atoms with Gasteiger partial charge in [0.15, 0.2) is 0 Å². The van der Waals surface area contributed by atoms with Crippen molar-refractivity contribution < 1.29 is 0 Å². The molecular formula is C21H24N2. The minimum absolute atomic E-state index is 0.596. The molecule has 4 rings (SSSR count). The summed E-state index contributed by atoms with van der Waals surface area (Å²) in [5.74, 6) is 0. The van der Waals surface area contributed by atoms with Crippen molar-refractivity contribution in [3.63, 3.8) is 0 Å². The maximum absolute atomic E-state index is 5.70. The van der Waals surface area contributed by atoms with Gasteiger partial charge < -0.3 is 5.73 Å². The van der Waals surface area contributed by atoms with Crippen molar-refractivity contribution in [3.8, 4) is 0 Å². The average Bonchev–Trinajstić information content (AvgIpc) is 2.84. The monoisotopic (exact) mass is 304 g/mol. The minimum atomic E-state index is 0.596. The molecule has 0 amide bonds. The van der Waals surface area contributed by atoms with E-state index in [1.54, 1.807) is 0 Å². The number of fused-ring (bicyclic) bond motifs is 2. The van der Waals surface area contributed by atoms with E-state index in [1.165, 1.54) is 41.5 Å². The highest BCUT2D eigenvalue weighted by molar-refractivity contribution is 5.68. The number of hydrogen-bond acceptors (Lipinski definition) is 2. The van der Waals surface area contributed by atoms with E-state index in [4.69, 9.17) is 5.73 Å². The molecule has 23 heavy (non-hydrogen) atoms. The maximum atomic E-state index is 5.70. The van der Waals surface area contributed by atoms with Crippen LogP contribution in [0.15, 0.2) is 60.7 Å². The van der Waals surface area contributed by atoms with Gasteiger partial charge in [-0.05, 0) is 41.5 Å². The summed E-state index contributed by atoms with van der Waals surface area (Å²) in [5.41, 5.74) is 11.2. The first-order valence-corrected chi connectivity index (χ1v) is 8.63. The summed E-state index contributed by atoms with van der Waals surface area (Å²) >= 11 is 0. The molecule has 0 radical (unpaired) electrons. The molecule has 0 aliphatic carbocycles. The van der Waals surface area contributed by atoms with Crippen LogP contribution in [0.3, 0.4) is 0 Å². The van der Waals surface area contributed by atoms with E-state index in [2.05, 4.69) is 65.6 Å². The van der Waals surface area contributed by atoms with Crippen LogP contribution in [0.4, 0.5) is 0 Å². The van der Waals surface area contributed by atoms with Gasteiger partial charge >= 0.3 is 0 Å². The standard InChI is InChI=1S/C21H24N2/c22-14-16-6-8-18(9-7-16)19-12-20-10-11-21(13-19)23(20)15-17-4-2-1-3-5-17/h1-9,12,20-21H,10-11,13-15,22H2. The highest BCUT2D eigenvalue weighted by Crippen LogP contribution is 2.39. The molecule has 0 aromatic heterocycles. The molecular weight excluding hydrogens is 280 g/mol. The maximum Gasteiger partial charge on any atom is 0.0291 e. The quantitative estimate of drug-likeness (QED) is 0.926. The van der Waals surface area contributed by atoms with E-state index in [-0.39, 0.29) is 0 Å². The molecule has 2 bridgehead atoms. The van der Waals surface area contributed by atoms with Gasteiger partial charge in [-0.15, -0.1) is 0 Å². The fourth-order valence-corrected chi connectivity index (χ4v) is 4.03. The fourth-order valence-electron chi connectivity index (χ4n) is 4.03. The Balaban J connectivity index is 1.54. The first kappa shape index (κ1) is 14.7. The summed E-state index contributed by atoms with van der Waals surface area (Å²) in [6.45, 7) is 1.70. The lowest BCUT2D eigenvalue weighted by molar-refractivity contribution is 0.203. The Morgan fingerprint density at radius 1 is 0.913 bits per heavy atom. The molecule has 2 heterocycles. The van der Waals surface area contributed by atoms with Gasteiger partial charge in [-0.1, -0.05) is 60.7 Å². The van der Waals surface area contributed by atoms with Gasteiger partial charge in [0.2, 0.25) is 0 Å². The number of benzene rings is 2. The van der Waals surface area contributed by atoms with Crippen LogP contribution in [-0.4, -0.2) is 17.0 Å². The van der Waals surface area contributed by atoms with Crippen LogP contribution in [-0.2, 0) is 13.1 Å². The second-order valence-corrected chi connectivity index (χ2v) is 6.75. The number of nitrogens with two attached hydrogens (primary N) is 1. The Morgan fingerprint density at radius 2 is 1.70 bits per heavy atom. The van der Waals surface area contributed by atoms with Crippen LogP contribution in [0.25, 0.3) is 5.57 Å². The molecule has 2 aliphatic rings. The molecule has 0 spiro atoms. The Labute approximate surface area is 138 Å². The van der Waals surface area contributed by atoms with Crippen LogP contribution in [0, 0.1) is 0 Å². The zero-order valence-corrected chi connectivity index (χ0v) is 13.5. The Morgan fingerprint density at radius 3 is 2.39 bits per heavy atom. The summed E-state index contributed by atoms with van der Waals surface area (Å²) in [7, 11) is 0. The van der Waals surface area contributed by atoms with Crippen LogP contribution in [0.5, 0.6) is 0 Å². The van der Waals surface area contributed by atoms with Crippen molar-refractivity contribution in [1.82, 2.24) is 4.90 Å². The molecule has 2 heteroatoms. The molecule has 2 nitrogen and oxygen atoms in total. The highest BCUT2D eigenvalue weighted by atomic mass is 15.2. The Kier molecular flexibility index (Phi) is 4.02. The summed E-state index contributed by atoms with van der Waals surface area (Å²) < 4.78 is 0. The average molecular weight is 304 g/mol. The predicted octanol–water partition coefficient (Wildman–Crippen LogP) is 3.97. The largest absolute Gasteiger partial charge is 0.326 e. The molecule has 2 atom stereocenters. The van der Waals surface area contributed by atoms with Crippen molar-refractivity contribution in [2.45, 2.75) is 44.4 Å². The van der Waals surface area contributed by atoms with E-state index in [1.807, 2.05) is 0 Å². The molecule has 2 aromatic rings. The van der Waals surface area contributed by atoms with Crippen molar-refractivity contribution >= 4 is 5.57 Å². The van der Waals surface area contributed by atoms with E-state index < -0.39 is 0 Å². The molecule has 2 N–H and O–H groups in total. The first-order valence-electron chi connectivity index (χ1n) is 8.63. The number of hydrogen-bond donors (Lipinski definition) is 1. The molecule has 2 aromatic carbocycles. The summed E-state index contributed by atoms with van der Waals surface area (Å²) in [6, 6.07) is 20.9. The SMILES string of the molecule is NCc1ccc(C2=CC3CCC(C2)N3Cc2ccccc2)cc1. The van der Waals surface area contributed by atoms with Crippen molar-refractivity contribution in [3.05, 3.63) is 77.4 Å². The van der Waals surface area contributed by atoms with Crippen LogP contribution < -0.4 is 5.73 Å². The van der Waals surface area contributed by atoms with Gasteiger partial charge in [-0.3, -0.25) is 4.90 Å². The second kappa shape index (κ2) is 6.31.